The molecule has 2 rings (SSSR count). The van der Waals surface area contributed by atoms with Crippen molar-refractivity contribution in [2.75, 3.05) is 5.32 Å². The number of benzene rings is 1. The molecule has 1 N–H and O–H groups in total. The number of anilines is 1. The molecule has 4 nitrogen and oxygen atoms in total. The van der Waals surface area contributed by atoms with Gasteiger partial charge in [-0.2, -0.15) is 0 Å². The van der Waals surface area contributed by atoms with E-state index in [0.717, 1.165) is 11.4 Å². The van der Waals surface area contributed by atoms with Crippen LogP contribution in [0.4, 0.5) is 10.5 Å². The van der Waals surface area contributed by atoms with Crippen LogP contribution < -0.4 is 5.32 Å². The van der Waals surface area contributed by atoms with Crippen LogP contribution in [0.3, 0.4) is 0 Å². The van der Waals surface area contributed by atoms with Crippen LogP contribution in [0.15, 0.2) is 48.7 Å². The molecule has 1 aromatic carbocycles. The average Bonchev–Trinajstić information content (AvgIpc) is 2.48. The summed E-state index contributed by atoms with van der Waals surface area (Å²) < 4.78 is 0. The van der Waals surface area contributed by atoms with Crippen molar-refractivity contribution in [2.45, 2.75) is 26.4 Å². The Morgan fingerprint density at radius 1 is 1.24 bits per heavy atom. The monoisotopic (exact) mass is 303 g/mol. The fourth-order valence-corrected chi connectivity index (χ4v) is 2.01. The molecule has 0 aliphatic carbocycles. The van der Waals surface area contributed by atoms with E-state index in [1.54, 1.807) is 35.4 Å². The zero-order chi connectivity index (χ0) is 15.2. The Labute approximate surface area is 129 Å². The number of hydrogen-bond acceptors (Lipinski definition) is 2. The van der Waals surface area contributed by atoms with E-state index < -0.39 is 0 Å². The largest absolute Gasteiger partial charge is 0.322 e. The summed E-state index contributed by atoms with van der Waals surface area (Å²) in [4.78, 5) is 18.4. The second kappa shape index (κ2) is 7.09. The highest BCUT2D eigenvalue weighted by Gasteiger charge is 2.17. The summed E-state index contributed by atoms with van der Waals surface area (Å²) in [6.07, 6.45) is 1.73. The zero-order valence-corrected chi connectivity index (χ0v) is 12.8. The molecule has 0 atom stereocenters. The molecule has 0 saturated heterocycles. The van der Waals surface area contributed by atoms with Crippen LogP contribution in [0, 0.1) is 0 Å². The van der Waals surface area contributed by atoms with Crippen LogP contribution >= 0.6 is 11.6 Å². The Bertz CT molecular complexity index is 584. The SMILES string of the molecule is CC(C)N(Cc1ccccn1)C(=O)Nc1ccc(Cl)cc1. The minimum absolute atomic E-state index is 0.0688. The third-order valence-corrected chi connectivity index (χ3v) is 3.29. The molecule has 2 amide bonds. The standard InChI is InChI=1S/C16H18ClN3O/c1-12(2)20(11-15-5-3-4-10-18-15)16(21)19-14-8-6-13(17)7-9-14/h3-10,12H,11H2,1-2H3,(H,19,21). The number of amides is 2. The number of carbonyl (C=O) groups excluding carboxylic acids is 1. The van der Waals surface area contributed by atoms with Gasteiger partial charge in [0.25, 0.3) is 0 Å². The number of nitrogens with one attached hydrogen (secondary N) is 1. The number of nitrogens with zero attached hydrogens (tertiary/aromatic N) is 2. The van der Waals surface area contributed by atoms with Gasteiger partial charge >= 0.3 is 6.03 Å². The summed E-state index contributed by atoms with van der Waals surface area (Å²) in [5.74, 6) is 0. The quantitative estimate of drug-likeness (QED) is 0.921. The van der Waals surface area contributed by atoms with Crippen LogP contribution in [0.5, 0.6) is 0 Å². The summed E-state index contributed by atoms with van der Waals surface area (Å²) in [7, 11) is 0. The molecule has 0 unspecified atom stereocenters. The summed E-state index contributed by atoms with van der Waals surface area (Å²) in [6.45, 7) is 4.42. The van der Waals surface area contributed by atoms with Crippen molar-refractivity contribution < 1.29 is 4.79 Å². The summed E-state index contributed by atoms with van der Waals surface area (Å²) >= 11 is 5.84. The van der Waals surface area contributed by atoms with Crippen LogP contribution in [-0.2, 0) is 6.54 Å². The maximum atomic E-state index is 12.4. The van der Waals surface area contributed by atoms with Crippen molar-refractivity contribution in [3.8, 4) is 0 Å². The highest BCUT2D eigenvalue weighted by Crippen LogP contribution is 2.15. The van der Waals surface area contributed by atoms with E-state index in [0.29, 0.717) is 11.6 Å². The van der Waals surface area contributed by atoms with Gasteiger partial charge in [-0.25, -0.2) is 4.79 Å². The number of urea groups is 1. The molecule has 1 aromatic heterocycles. The van der Waals surface area contributed by atoms with Crippen LogP contribution in [0.1, 0.15) is 19.5 Å². The summed E-state index contributed by atoms with van der Waals surface area (Å²) in [5.41, 5.74) is 1.58. The topological polar surface area (TPSA) is 45.2 Å². The lowest BCUT2D eigenvalue weighted by molar-refractivity contribution is 0.193. The first kappa shape index (κ1) is 15.3. The second-order valence-electron chi connectivity index (χ2n) is 4.98. The van der Waals surface area contributed by atoms with Crippen LogP contribution in [0.25, 0.3) is 0 Å². The predicted molar refractivity (Wildman–Crippen MR) is 85.4 cm³/mol. The molecule has 1 heterocycles. The highest BCUT2D eigenvalue weighted by atomic mass is 35.5. The first-order valence-electron chi connectivity index (χ1n) is 6.79. The number of carbonyl (C=O) groups is 1. The van der Waals surface area contributed by atoms with E-state index in [9.17, 15) is 4.79 Å². The second-order valence-corrected chi connectivity index (χ2v) is 5.42. The van der Waals surface area contributed by atoms with Crippen LogP contribution in [-0.4, -0.2) is 22.0 Å². The average molecular weight is 304 g/mol. The Balaban J connectivity index is 2.07. The lowest BCUT2D eigenvalue weighted by atomic mass is 10.2. The van der Waals surface area contributed by atoms with Crippen molar-refractivity contribution in [1.82, 2.24) is 9.88 Å². The zero-order valence-electron chi connectivity index (χ0n) is 12.1. The maximum absolute atomic E-state index is 12.4. The van der Waals surface area contributed by atoms with Gasteiger partial charge in [-0.3, -0.25) is 4.98 Å². The fourth-order valence-electron chi connectivity index (χ4n) is 1.88. The van der Waals surface area contributed by atoms with E-state index >= 15 is 0 Å². The lowest BCUT2D eigenvalue weighted by Gasteiger charge is -2.26. The van der Waals surface area contributed by atoms with Crippen LogP contribution in [0.2, 0.25) is 5.02 Å². The first-order valence-corrected chi connectivity index (χ1v) is 7.17. The van der Waals surface area contributed by atoms with Gasteiger partial charge < -0.3 is 10.2 Å². The first-order chi connectivity index (χ1) is 10.1. The lowest BCUT2D eigenvalue weighted by Crippen LogP contribution is -2.39. The number of hydrogen-bond donors (Lipinski definition) is 1. The van der Waals surface area contributed by atoms with Crippen molar-refractivity contribution in [2.24, 2.45) is 0 Å². The maximum Gasteiger partial charge on any atom is 0.322 e. The molecular weight excluding hydrogens is 286 g/mol. The molecule has 21 heavy (non-hydrogen) atoms. The molecular formula is C16H18ClN3O. The Morgan fingerprint density at radius 2 is 1.95 bits per heavy atom. The van der Waals surface area contributed by atoms with Crippen molar-refractivity contribution in [3.63, 3.8) is 0 Å². The molecule has 0 aliphatic heterocycles. The minimum atomic E-state index is -0.155. The molecule has 0 fully saturated rings. The van der Waals surface area contributed by atoms with Gasteiger partial charge in [0.2, 0.25) is 0 Å². The van der Waals surface area contributed by atoms with E-state index in [1.165, 1.54) is 0 Å². The van der Waals surface area contributed by atoms with E-state index in [4.69, 9.17) is 11.6 Å². The van der Waals surface area contributed by atoms with Gasteiger partial charge in [0.1, 0.15) is 0 Å². The van der Waals surface area contributed by atoms with Gasteiger partial charge in [-0.15, -0.1) is 0 Å². The van der Waals surface area contributed by atoms with E-state index in [-0.39, 0.29) is 12.1 Å². The van der Waals surface area contributed by atoms with Gasteiger partial charge in [-0.05, 0) is 50.2 Å². The highest BCUT2D eigenvalue weighted by molar-refractivity contribution is 6.30. The molecule has 0 spiro atoms. The predicted octanol–water partition coefficient (Wildman–Crippen LogP) is 4.18. The minimum Gasteiger partial charge on any atom is -0.316 e. The smallest absolute Gasteiger partial charge is 0.316 e. The Morgan fingerprint density at radius 3 is 2.52 bits per heavy atom. The number of pyridine rings is 1. The fraction of sp³-hybridized carbons (Fsp3) is 0.250. The number of aromatic nitrogens is 1. The van der Waals surface area contributed by atoms with Gasteiger partial charge in [-0.1, -0.05) is 17.7 Å². The number of halogens is 1. The molecule has 110 valence electrons. The van der Waals surface area contributed by atoms with Crippen molar-refractivity contribution >= 4 is 23.3 Å². The Kier molecular flexibility index (Phi) is 5.17. The third kappa shape index (κ3) is 4.46. The molecule has 0 saturated carbocycles. The molecule has 0 aliphatic rings. The van der Waals surface area contributed by atoms with E-state index in [2.05, 4.69) is 10.3 Å². The van der Waals surface area contributed by atoms with Gasteiger partial charge in [0.15, 0.2) is 0 Å². The summed E-state index contributed by atoms with van der Waals surface area (Å²) in [5, 5.41) is 3.51. The van der Waals surface area contributed by atoms with Gasteiger partial charge in [0, 0.05) is 22.9 Å². The van der Waals surface area contributed by atoms with E-state index in [1.807, 2.05) is 32.0 Å². The van der Waals surface area contributed by atoms with Crippen molar-refractivity contribution in [3.05, 3.63) is 59.4 Å². The molecule has 5 heteroatoms. The van der Waals surface area contributed by atoms with Gasteiger partial charge in [0.05, 0.1) is 12.2 Å². The Hall–Kier alpha value is -2.07. The molecule has 0 bridgehead atoms. The normalized spacial score (nSPS) is 10.5. The molecule has 0 radical (unpaired) electrons. The number of rotatable bonds is 4. The molecule has 2 aromatic rings. The van der Waals surface area contributed by atoms with Crippen molar-refractivity contribution in [1.29, 1.82) is 0 Å². The third-order valence-electron chi connectivity index (χ3n) is 3.04. The summed E-state index contributed by atoms with van der Waals surface area (Å²) in [6, 6.07) is 12.6.